The van der Waals surface area contributed by atoms with Gasteiger partial charge in [-0.15, -0.1) is 24.0 Å². The molecule has 1 N–H and O–H groups in total. The van der Waals surface area contributed by atoms with E-state index in [1.165, 1.54) is 11.8 Å². The first-order valence-corrected chi connectivity index (χ1v) is 8.57. The van der Waals surface area contributed by atoms with Crippen LogP contribution in [0.1, 0.15) is 25.1 Å². The third-order valence-corrected chi connectivity index (χ3v) is 4.47. The molecule has 1 aliphatic rings. The van der Waals surface area contributed by atoms with Crippen LogP contribution in [0.4, 0.5) is 13.2 Å². The molecule has 0 amide bonds. The lowest BCUT2D eigenvalue weighted by atomic mass is 10.2. The Labute approximate surface area is 170 Å². The monoisotopic (exact) mass is 485 g/mol. The number of halogens is 4. The molecule has 2 rings (SSSR count). The van der Waals surface area contributed by atoms with E-state index >= 15 is 0 Å². The maximum Gasteiger partial charge on any atom is 0.403 e. The largest absolute Gasteiger partial charge is 0.403 e. The fourth-order valence-electron chi connectivity index (χ4n) is 2.79. The summed E-state index contributed by atoms with van der Waals surface area (Å²) in [7, 11) is 0. The minimum absolute atomic E-state index is 0. The van der Waals surface area contributed by atoms with Gasteiger partial charge in [-0.1, -0.05) is 6.07 Å². The molecule has 1 fully saturated rings. The molecule has 1 aliphatic heterocycles. The first-order chi connectivity index (χ1) is 11.8. The zero-order valence-electron chi connectivity index (χ0n) is 15.4. The van der Waals surface area contributed by atoms with E-state index in [2.05, 4.69) is 15.3 Å². The molecule has 1 aromatic rings. The van der Waals surface area contributed by atoms with Gasteiger partial charge in [0.25, 0.3) is 0 Å². The van der Waals surface area contributed by atoms with E-state index in [1.54, 1.807) is 6.20 Å². The van der Waals surface area contributed by atoms with Crippen molar-refractivity contribution < 1.29 is 13.2 Å². The molecule has 1 saturated heterocycles. The number of rotatable bonds is 4. The summed E-state index contributed by atoms with van der Waals surface area (Å²) >= 11 is 0. The highest BCUT2D eigenvalue weighted by Crippen LogP contribution is 2.25. The number of aryl methyl sites for hydroxylation is 1. The summed E-state index contributed by atoms with van der Waals surface area (Å²) in [6, 6.07) is 2.46. The summed E-state index contributed by atoms with van der Waals surface area (Å²) in [5, 5.41) is 3.22. The molecule has 0 aromatic carbocycles. The van der Waals surface area contributed by atoms with Crippen molar-refractivity contribution in [3.63, 3.8) is 0 Å². The number of piperazine rings is 1. The second kappa shape index (κ2) is 10.3. The van der Waals surface area contributed by atoms with Crippen LogP contribution in [0.15, 0.2) is 23.3 Å². The van der Waals surface area contributed by atoms with Crippen LogP contribution < -0.4 is 5.32 Å². The Hall–Kier alpha value is -1.10. The van der Waals surface area contributed by atoms with Gasteiger partial charge < -0.3 is 10.2 Å². The molecule has 0 bridgehead atoms. The Bertz CT molecular complexity index is 586. The second-order valence-corrected chi connectivity index (χ2v) is 6.18. The molecular weight excluding hydrogens is 458 g/mol. The molecule has 26 heavy (non-hydrogen) atoms. The van der Waals surface area contributed by atoms with Crippen molar-refractivity contribution in [2.24, 2.45) is 4.99 Å². The summed E-state index contributed by atoms with van der Waals surface area (Å²) < 4.78 is 38.6. The molecule has 1 unspecified atom stereocenters. The average molecular weight is 485 g/mol. The standard InChI is InChI=1S/C17H26F3N5.HI/c1-4-21-16(23-12-15-13(2)6-5-7-22-15)25-10-8-24(9-11-25)14(3)17(18,19)20;/h5-7,14H,4,8-12H2,1-3H3,(H,21,23);1H. The molecule has 148 valence electrons. The van der Waals surface area contributed by atoms with E-state index in [1.807, 2.05) is 30.9 Å². The number of hydrogen-bond acceptors (Lipinski definition) is 3. The molecule has 5 nitrogen and oxygen atoms in total. The van der Waals surface area contributed by atoms with Gasteiger partial charge in [0.05, 0.1) is 12.2 Å². The van der Waals surface area contributed by atoms with Crippen LogP contribution in [0, 0.1) is 6.92 Å². The van der Waals surface area contributed by atoms with Crippen molar-refractivity contribution in [3.8, 4) is 0 Å². The highest BCUT2D eigenvalue weighted by Gasteiger charge is 2.41. The van der Waals surface area contributed by atoms with E-state index in [4.69, 9.17) is 0 Å². The normalized spacial score (nSPS) is 17.6. The minimum Gasteiger partial charge on any atom is -0.357 e. The van der Waals surface area contributed by atoms with Gasteiger partial charge >= 0.3 is 6.18 Å². The van der Waals surface area contributed by atoms with Gasteiger partial charge in [0.1, 0.15) is 6.04 Å². The summed E-state index contributed by atoms with van der Waals surface area (Å²) in [6.45, 7) is 8.13. The van der Waals surface area contributed by atoms with Crippen molar-refractivity contribution in [2.75, 3.05) is 32.7 Å². The summed E-state index contributed by atoms with van der Waals surface area (Å²) in [6.07, 6.45) is -2.45. The maximum absolute atomic E-state index is 12.9. The van der Waals surface area contributed by atoms with Gasteiger partial charge in [-0.05, 0) is 32.4 Å². The highest BCUT2D eigenvalue weighted by molar-refractivity contribution is 14.0. The van der Waals surface area contributed by atoms with Gasteiger partial charge in [0.2, 0.25) is 0 Å². The third-order valence-electron chi connectivity index (χ3n) is 4.47. The Kier molecular flexibility index (Phi) is 9.08. The number of alkyl halides is 3. The van der Waals surface area contributed by atoms with Gasteiger partial charge in [0, 0.05) is 38.9 Å². The topological polar surface area (TPSA) is 43.8 Å². The van der Waals surface area contributed by atoms with Crippen molar-refractivity contribution in [1.82, 2.24) is 20.1 Å². The van der Waals surface area contributed by atoms with Crippen LogP contribution >= 0.6 is 24.0 Å². The van der Waals surface area contributed by atoms with E-state index in [0.29, 0.717) is 39.3 Å². The van der Waals surface area contributed by atoms with Gasteiger partial charge in [-0.2, -0.15) is 13.2 Å². The van der Waals surface area contributed by atoms with Crippen molar-refractivity contribution >= 4 is 29.9 Å². The van der Waals surface area contributed by atoms with Gasteiger partial charge in [-0.25, -0.2) is 4.99 Å². The van der Waals surface area contributed by atoms with Crippen LogP contribution in [0.2, 0.25) is 0 Å². The molecule has 0 aliphatic carbocycles. The Morgan fingerprint density at radius 1 is 1.31 bits per heavy atom. The average Bonchev–Trinajstić information content (AvgIpc) is 2.58. The number of pyridine rings is 1. The van der Waals surface area contributed by atoms with Crippen LogP contribution in [-0.2, 0) is 6.54 Å². The number of nitrogens with one attached hydrogen (secondary N) is 1. The maximum atomic E-state index is 12.9. The predicted octanol–water partition coefficient (Wildman–Crippen LogP) is 3.04. The van der Waals surface area contributed by atoms with Crippen LogP contribution in [0.5, 0.6) is 0 Å². The number of hydrogen-bond donors (Lipinski definition) is 1. The molecule has 0 saturated carbocycles. The van der Waals surface area contributed by atoms with E-state index in [-0.39, 0.29) is 24.0 Å². The highest BCUT2D eigenvalue weighted by atomic mass is 127. The minimum atomic E-state index is -4.18. The summed E-state index contributed by atoms with van der Waals surface area (Å²) in [4.78, 5) is 12.4. The molecule has 2 heterocycles. The van der Waals surface area contributed by atoms with Crippen molar-refractivity contribution in [1.29, 1.82) is 0 Å². The molecule has 0 spiro atoms. The Morgan fingerprint density at radius 2 is 1.96 bits per heavy atom. The van der Waals surface area contributed by atoms with Gasteiger partial charge in [-0.3, -0.25) is 9.88 Å². The number of aromatic nitrogens is 1. The molecule has 0 radical (unpaired) electrons. The third kappa shape index (κ3) is 6.26. The predicted molar refractivity (Wildman–Crippen MR) is 108 cm³/mol. The van der Waals surface area contributed by atoms with Crippen LogP contribution in [0.25, 0.3) is 0 Å². The van der Waals surface area contributed by atoms with Crippen molar-refractivity contribution in [3.05, 3.63) is 29.6 Å². The number of guanidine groups is 1. The SMILES string of the molecule is CCNC(=NCc1ncccc1C)N1CCN(C(C)C(F)(F)F)CC1.I. The first-order valence-electron chi connectivity index (χ1n) is 8.57. The molecule has 9 heteroatoms. The van der Waals surface area contributed by atoms with Crippen molar-refractivity contribution in [2.45, 2.75) is 39.5 Å². The Morgan fingerprint density at radius 3 is 2.50 bits per heavy atom. The lowest BCUT2D eigenvalue weighted by molar-refractivity contribution is -0.181. The number of nitrogens with zero attached hydrogens (tertiary/aromatic N) is 4. The summed E-state index contributed by atoms with van der Waals surface area (Å²) in [5.41, 5.74) is 1.98. The quantitative estimate of drug-likeness (QED) is 0.405. The van der Waals surface area contributed by atoms with E-state index < -0.39 is 12.2 Å². The number of aliphatic imine (C=N–C) groups is 1. The summed E-state index contributed by atoms with van der Waals surface area (Å²) in [5.74, 6) is 0.729. The Balaban J connectivity index is 0.00000338. The molecular formula is C17H27F3IN5. The lowest BCUT2D eigenvalue weighted by Crippen LogP contribution is -2.56. The van der Waals surface area contributed by atoms with Gasteiger partial charge in [0.15, 0.2) is 5.96 Å². The zero-order valence-corrected chi connectivity index (χ0v) is 17.7. The molecule has 1 aromatic heterocycles. The smallest absolute Gasteiger partial charge is 0.357 e. The zero-order chi connectivity index (χ0) is 18.4. The second-order valence-electron chi connectivity index (χ2n) is 6.18. The van der Waals surface area contributed by atoms with E-state index in [0.717, 1.165) is 17.2 Å². The fraction of sp³-hybridized carbons (Fsp3) is 0.647. The van der Waals surface area contributed by atoms with Crippen LogP contribution in [-0.4, -0.2) is 65.7 Å². The molecule has 1 atom stereocenters. The van der Waals surface area contributed by atoms with E-state index in [9.17, 15) is 13.2 Å². The fourth-order valence-corrected chi connectivity index (χ4v) is 2.79. The van der Waals surface area contributed by atoms with Crippen LogP contribution in [0.3, 0.4) is 0 Å². The first kappa shape index (κ1) is 22.9. The lowest BCUT2D eigenvalue weighted by Gasteiger charge is -2.39.